The molecule has 0 bridgehead atoms. The van der Waals surface area contributed by atoms with E-state index in [0.717, 1.165) is 16.9 Å². The van der Waals surface area contributed by atoms with Gasteiger partial charge in [-0.2, -0.15) is 0 Å². The monoisotopic (exact) mass is 257 g/mol. The van der Waals surface area contributed by atoms with Crippen molar-refractivity contribution in [2.75, 3.05) is 14.2 Å². The van der Waals surface area contributed by atoms with E-state index < -0.39 is 0 Å². The van der Waals surface area contributed by atoms with Crippen LogP contribution in [0.1, 0.15) is 10.4 Å². The lowest BCUT2D eigenvalue weighted by Gasteiger charge is -2.09. The van der Waals surface area contributed by atoms with Gasteiger partial charge in [0.2, 0.25) is 0 Å². The predicted octanol–water partition coefficient (Wildman–Crippen LogP) is 2.65. The third-order valence-corrected chi connectivity index (χ3v) is 2.77. The molecule has 4 nitrogen and oxygen atoms in total. The highest BCUT2D eigenvalue weighted by atomic mass is 16.6. The number of nitrogens with one attached hydrogen (secondary N) is 1. The molecule has 0 heterocycles. The molecule has 0 saturated carbocycles. The zero-order valence-electron chi connectivity index (χ0n) is 10.8. The summed E-state index contributed by atoms with van der Waals surface area (Å²) in [5, 5.41) is 0. The second-order valence-electron chi connectivity index (χ2n) is 3.91. The molecule has 0 radical (unpaired) electrons. The minimum atomic E-state index is -0.270. The van der Waals surface area contributed by atoms with Crippen molar-refractivity contribution in [3.8, 4) is 16.9 Å². The fourth-order valence-corrected chi connectivity index (χ4v) is 1.85. The summed E-state index contributed by atoms with van der Waals surface area (Å²) >= 11 is 0. The van der Waals surface area contributed by atoms with E-state index in [-0.39, 0.29) is 5.91 Å². The average molecular weight is 257 g/mol. The van der Waals surface area contributed by atoms with E-state index in [9.17, 15) is 4.79 Å². The average Bonchev–Trinajstić information content (AvgIpc) is 2.47. The third-order valence-electron chi connectivity index (χ3n) is 2.77. The quantitative estimate of drug-likeness (QED) is 0.856. The van der Waals surface area contributed by atoms with Crippen LogP contribution in [0.15, 0.2) is 48.5 Å². The third kappa shape index (κ3) is 2.92. The van der Waals surface area contributed by atoms with Crippen LogP contribution in [0.3, 0.4) is 0 Å². The van der Waals surface area contributed by atoms with Gasteiger partial charge >= 0.3 is 0 Å². The summed E-state index contributed by atoms with van der Waals surface area (Å²) in [6, 6.07) is 14.9. The van der Waals surface area contributed by atoms with Gasteiger partial charge in [0.15, 0.2) is 0 Å². The second-order valence-corrected chi connectivity index (χ2v) is 3.91. The molecule has 0 spiro atoms. The number of rotatable bonds is 4. The maximum Gasteiger partial charge on any atom is 0.275 e. The lowest BCUT2D eigenvalue weighted by Crippen LogP contribution is -2.22. The van der Waals surface area contributed by atoms with Gasteiger partial charge in [0, 0.05) is 5.56 Å². The van der Waals surface area contributed by atoms with E-state index in [1.54, 1.807) is 13.2 Å². The van der Waals surface area contributed by atoms with Crippen molar-refractivity contribution in [2.24, 2.45) is 0 Å². The molecule has 0 aliphatic carbocycles. The van der Waals surface area contributed by atoms with Crippen molar-refractivity contribution in [1.82, 2.24) is 5.48 Å². The summed E-state index contributed by atoms with van der Waals surface area (Å²) in [5.41, 5.74) is 4.69. The van der Waals surface area contributed by atoms with E-state index in [4.69, 9.17) is 4.74 Å². The van der Waals surface area contributed by atoms with Crippen molar-refractivity contribution in [2.45, 2.75) is 0 Å². The van der Waals surface area contributed by atoms with Gasteiger partial charge in [0.05, 0.1) is 14.2 Å². The normalized spacial score (nSPS) is 10.0. The molecule has 2 rings (SSSR count). The highest BCUT2D eigenvalue weighted by molar-refractivity contribution is 6.00. The number of hydrogen-bond acceptors (Lipinski definition) is 3. The SMILES string of the molecule is CONC(=O)c1ccccc1-c1ccc(OC)cc1. The lowest BCUT2D eigenvalue weighted by molar-refractivity contribution is 0.0538. The summed E-state index contributed by atoms with van der Waals surface area (Å²) in [6.45, 7) is 0. The van der Waals surface area contributed by atoms with Gasteiger partial charge < -0.3 is 4.74 Å². The van der Waals surface area contributed by atoms with E-state index >= 15 is 0 Å². The Kier molecular flexibility index (Phi) is 4.15. The van der Waals surface area contributed by atoms with Gasteiger partial charge in [0.1, 0.15) is 5.75 Å². The molecule has 19 heavy (non-hydrogen) atoms. The zero-order chi connectivity index (χ0) is 13.7. The molecule has 0 fully saturated rings. The van der Waals surface area contributed by atoms with E-state index in [1.165, 1.54) is 7.11 Å². The zero-order valence-corrected chi connectivity index (χ0v) is 10.8. The molecule has 0 unspecified atom stereocenters. The smallest absolute Gasteiger partial charge is 0.275 e. The number of ether oxygens (including phenoxy) is 1. The van der Waals surface area contributed by atoms with Crippen LogP contribution >= 0.6 is 0 Å². The Bertz CT molecular complexity index is 564. The summed E-state index contributed by atoms with van der Waals surface area (Å²) in [4.78, 5) is 16.6. The summed E-state index contributed by atoms with van der Waals surface area (Å²) in [7, 11) is 3.03. The largest absolute Gasteiger partial charge is 0.497 e. The molecular formula is C15H15NO3. The lowest BCUT2D eigenvalue weighted by atomic mass is 9.99. The number of carbonyl (C=O) groups is 1. The first kappa shape index (κ1) is 13.1. The minimum Gasteiger partial charge on any atom is -0.497 e. The maximum absolute atomic E-state index is 11.9. The molecule has 0 aliphatic rings. The van der Waals surface area contributed by atoms with Gasteiger partial charge in [-0.3, -0.25) is 9.63 Å². The highest BCUT2D eigenvalue weighted by Gasteiger charge is 2.11. The van der Waals surface area contributed by atoms with Crippen molar-refractivity contribution >= 4 is 5.91 Å². The second kappa shape index (κ2) is 6.02. The van der Waals surface area contributed by atoms with Gasteiger partial charge in [-0.25, -0.2) is 5.48 Å². The fraction of sp³-hybridized carbons (Fsp3) is 0.133. The Balaban J connectivity index is 2.40. The number of amides is 1. The molecule has 2 aromatic carbocycles. The Morgan fingerprint density at radius 3 is 2.32 bits per heavy atom. The molecule has 0 aromatic heterocycles. The molecule has 0 atom stereocenters. The molecule has 1 amide bonds. The topological polar surface area (TPSA) is 47.6 Å². The van der Waals surface area contributed by atoms with Gasteiger partial charge in [-0.1, -0.05) is 30.3 Å². The van der Waals surface area contributed by atoms with Crippen LogP contribution in [0.2, 0.25) is 0 Å². The van der Waals surface area contributed by atoms with E-state index in [1.807, 2.05) is 42.5 Å². The fourth-order valence-electron chi connectivity index (χ4n) is 1.85. The minimum absolute atomic E-state index is 0.270. The molecular weight excluding hydrogens is 242 g/mol. The van der Waals surface area contributed by atoms with Gasteiger partial charge in [-0.15, -0.1) is 0 Å². The van der Waals surface area contributed by atoms with Crippen LogP contribution in [-0.2, 0) is 4.84 Å². The van der Waals surface area contributed by atoms with Crippen molar-refractivity contribution in [3.05, 3.63) is 54.1 Å². The van der Waals surface area contributed by atoms with Crippen LogP contribution in [0, 0.1) is 0 Å². The van der Waals surface area contributed by atoms with Crippen LogP contribution < -0.4 is 10.2 Å². The van der Waals surface area contributed by atoms with Gasteiger partial charge in [-0.05, 0) is 29.3 Å². The first-order chi connectivity index (χ1) is 9.26. The molecule has 1 N–H and O–H groups in total. The summed E-state index contributed by atoms with van der Waals surface area (Å²) in [6.07, 6.45) is 0. The first-order valence-corrected chi connectivity index (χ1v) is 5.83. The van der Waals surface area contributed by atoms with Crippen LogP contribution in [0.25, 0.3) is 11.1 Å². The standard InChI is InChI=1S/C15H15NO3/c1-18-12-9-7-11(8-10-12)13-5-3-4-6-14(13)15(17)16-19-2/h3-10H,1-2H3,(H,16,17). The van der Waals surface area contributed by atoms with Crippen molar-refractivity contribution in [1.29, 1.82) is 0 Å². The van der Waals surface area contributed by atoms with Crippen LogP contribution in [-0.4, -0.2) is 20.1 Å². The first-order valence-electron chi connectivity index (χ1n) is 5.83. The maximum atomic E-state index is 11.9. The van der Waals surface area contributed by atoms with Crippen LogP contribution in [0.5, 0.6) is 5.75 Å². The number of methoxy groups -OCH3 is 1. The van der Waals surface area contributed by atoms with E-state index in [2.05, 4.69) is 10.3 Å². The number of carbonyl (C=O) groups excluding carboxylic acids is 1. The van der Waals surface area contributed by atoms with Crippen molar-refractivity contribution < 1.29 is 14.4 Å². The van der Waals surface area contributed by atoms with Crippen molar-refractivity contribution in [3.63, 3.8) is 0 Å². The molecule has 2 aromatic rings. The van der Waals surface area contributed by atoms with E-state index in [0.29, 0.717) is 5.56 Å². The number of hydrogen-bond donors (Lipinski definition) is 1. The number of hydroxylamine groups is 1. The Labute approximate surface area is 111 Å². The molecule has 0 aliphatic heterocycles. The van der Waals surface area contributed by atoms with Crippen LogP contribution in [0.4, 0.5) is 0 Å². The summed E-state index contributed by atoms with van der Waals surface area (Å²) in [5.74, 6) is 0.511. The summed E-state index contributed by atoms with van der Waals surface area (Å²) < 4.78 is 5.12. The predicted molar refractivity (Wildman–Crippen MR) is 72.9 cm³/mol. The molecule has 4 heteroatoms. The Hall–Kier alpha value is -2.33. The van der Waals surface area contributed by atoms with Gasteiger partial charge in [0.25, 0.3) is 5.91 Å². The highest BCUT2D eigenvalue weighted by Crippen LogP contribution is 2.25. The molecule has 98 valence electrons. The Morgan fingerprint density at radius 2 is 1.68 bits per heavy atom. The Morgan fingerprint density at radius 1 is 1.00 bits per heavy atom. The molecule has 0 saturated heterocycles. The number of benzene rings is 2.